The number of rotatable bonds is 10. The number of H-pyrrole nitrogens is 2. The quantitative estimate of drug-likeness (QED) is 0.0595. The molecular formula is C50H52N8O6. The highest BCUT2D eigenvalue weighted by Gasteiger charge is 2.60. The molecule has 7 aromatic rings. The van der Waals surface area contributed by atoms with Gasteiger partial charge in [0.05, 0.1) is 42.1 Å². The third-order valence-corrected chi connectivity index (χ3v) is 14.1. The molecule has 4 N–H and O–H groups in total. The van der Waals surface area contributed by atoms with E-state index in [1.807, 2.05) is 55.1 Å². The normalized spacial score (nSPS) is 21.8. The first-order valence-electron chi connectivity index (χ1n) is 22.3. The van der Waals surface area contributed by atoms with Gasteiger partial charge in [0.2, 0.25) is 5.91 Å². The summed E-state index contributed by atoms with van der Waals surface area (Å²) >= 11 is 0. The third kappa shape index (κ3) is 6.96. The molecule has 14 nitrogen and oxygen atoms in total. The van der Waals surface area contributed by atoms with Crippen LogP contribution in [0.3, 0.4) is 0 Å². The van der Waals surface area contributed by atoms with Crippen molar-refractivity contribution in [2.75, 3.05) is 13.7 Å². The summed E-state index contributed by atoms with van der Waals surface area (Å²) in [5, 5.41) is 33.6. The van der Waals surface area contributed by atoms with Crippen molar-refractivity contribution in [2.24, 2.45) is 11.8 Å². The minimum atomic E-state index is -1.56. The summed E-state index contributed by atoms with van der Waals surface area (Å²) in [4.78, 5) is 57.4. The number of aromatic amines is 2. The van der Waals surface area contributed by atoms with Crippen LogP contribution in [0.1, 0.15) is 88.2 Å². The number of nitrogens with one attached hydrogen (secondary N) is 3. The highest BCUT2D eigenvalue weighted by atomic mass is 16.7. The zero-order valence-electron chi connectivity index (χ0n) is 36.3. The van der Waals surface area contributed by atoms with E-state index >= 15 is 0 Å². The Hall–Kier alpha value is -6.61. The van der Waals surface area contributed by atoms with E-state index in [0.717, 1.165) is 92.9 Å². The van der Waals surface area contributed by atoms with Crippen molar-refractivity contribution in [1.29, 1.82) is 0 Å². The number of hydrogen-bond donors (Lipinski definition) is 4. The topological polar surface area (TPSA) is 180 Å². The number of piperidine rings is 1. The van der Waals surface area contributed by atoms with Crippen molar-refractivity contribution >= 4 is 50.7 Å². The molecule has 5 aromatic carbocycles. The fourth-order valence-corrected chi connectivity index (χ4v) is 10.7. The van der Waals surface area contributed by atoms with Crippen molar-refractivity contribution in [3.8, 4) is 22.4 Å². The van der Waals surface area contributed by atoms with Gasteiger partial charge >= 0.3 is 12.2 Å². The van der Waals surface area contributed by atoms with Gasteiger partial charge in [0.15, 0.2) is 6.04 Å². The molecule has 3 amide bonds. The molecule has 7 atom stereocenters. The molecule has 64 heavy (non-hydrogen) atoms. The van der Waals surface area contributed by atoms with Crippen LogP contribution in [0, 0.1) is 11.8 Å². The summed E-state index contributed by atoms with van der Waals surface area (Å²) in [5.74, 6) is 1.26. The summed E-state index contributed by atoms with van der Waals surface area (Å²) in [6, 6.07) is 30.2. The van der Waals surface area contributed by atoms with Crippen molar-refractivity contribution in [3.63, 3.8) is 0 Å². The minimum absolute atomic E-state index is 0.117. The minimum Gasteiger partial charge on any atom is -0.494 e. The molecule has 3 aliphatic rings. The van der Waals surface area contributed by atoms with Gasteiger partial charge in [-0.25, -0.2) is 14.8 Å². The van der Waals surface area contributed by atoms with Gasteiger partial charge in [-0.15, -0.1) is 5.01 Å². The number of amides is 3. The number of alkyl carbamates (subject to hydrolysis) is 1. The third-order valence-electron chi connectivity index (χ3n) is 14.1. The van der Waals surface area contributed by atoms with Crippen LogP contribution in [-0.2, 0) is 9.53 Å². The molecule has 4 heterocycles. The number of carbonyl (C=O) groups excluding carboxylic acids is 3. The standard InChI is InChI=1S/C50H52N8O6/c1-28(2)43(55-49(60)64-4)48(59)56-22-8-11-42(56)46-52-40-21-18-35-24-34(17-20-39(35)44(40)54-46)31-12-13-33-25-36(15-14-32(33)23-31)41-27-51-47(53-41)45-37-16-19-38(26-37)57(45)58(63,50(61)62)29(3)30-9-6-5-7-10-30/h5-7,9-10,12-15,17-18,20-21,23-25,27-29,37-38,42-43,45,63H,8,11,16,19,22,26H2,1-4H3,(H3-,51,52,53,54,55,60,61,62)/t29?,37-,38+,42?,43?,45-,58?/m0/s1. The van der Waals surface area contributed by atoms with E-state index in [-0.39, 0.29) is 29.8 Å². The Kier molecular flexibility index (Phi) is 10.5. The van der Waals surface area contributed by atoms with E-state index in [9.17, 15) is 24.7 Å². The molecule has 14 heteroatoms. The number of likely N-dealkylation sites (tertiary alicyclic amines) is 1. The summed E-state index contributed by atoms with van der Waals surface area (Å²) in [7, 11) is 1.29. The van der Waals surface area contributed by atoms with Gasteiger partial charge in [-0.1, -0.05) is 91.4 Å². The summed E-state index contributed by atoms with van der Waals surface area (Å²) in [5.41, 5.74) is 6.37. The van der Waals surface area contributed by atoms with Gasteiger partial charge in [0.1, 0.15) is 23.7 Å². The summed E-state index contributed by atoms with van der Waals surface area (Å²) in [6.45, 7) is 6.13. The molecular weight excluding hydrogens is 809 g/mol. The van der Waals surface area contributed by atoms with E-state index < -0.39 is 35.1 Å². The lowest BCUT2D eigenvalue weighted by molar-refractivity contribution is -1.17. The fourth-order valence-electron chi connectivity index (χ4n) is 10.7. The average molecular weight is 861 g/mol. The van der Waals surface area contributed by atoms with Gasteiger partial charge in [0, 0.05) is 23.1 Å². The zero-order chi connectivity index (χ0) is 44.4. The molecule has 328 valence electrons. The van der Waals surface area contributed by atoms with Crippen molar-refractivity contribution in [1.82, 2.24) is 35.2 Å². The fraction of sp³-hybridized carbons (Fsp3) is 0.340. The SMILES string of the molecule is COC(=O)NC(C(=O)N1CCCC1c1nc2c(ccc3cc(-c4ccc5cc(-c6cnc([C@@H]7[C@H]8CC[C@H](C8)N7[N+](O)(C(=O)[O-])C(C)c7ccccc7)[nH]6)ccc5c4)ccc32)[nH]1)C(C)C. The van der Waals surface area contributed by atoms with Crippen LogP contribution in [0.4, 0.5) is 9.59 Å². The summed E-state index contributed by atoms with van der Waals surface area (Å²) in [6.07, 6.45) is 3.74. The molecule has 0 radical (unpaired) electrons. The average Bonchev–Trinajstić information content (AvgIpc) is 4.18. The predicted molar refractivity (Wildman–Crippen MR) is 240 cm³/mol. The number of nitrogens with zero attached hydrogens (tertiary/aromatic N) is 5. The highest BCUT2D eigenvalue weighted by molar-refractivity contribution is 6.05. The lowest BCUT2D eigenvalue weighted by atomic mass is 9.97. The Morgan fingerprint density at radius 2 is 1.56 bits per heavy atom. The van der Waals surface area contributed by atoms with Crippen LogP contribution in [-0.4, -0.2) is 83.6 Å². The number of carbonyl (C=O) groups is 3. The number of benzene rings is 5. The van der Waals surface area contributed by atoms with E-state index in [0.29, 0.717) is 17.9 Å². The Balaban J connectivity index is 0.891. The monoisotopic (exact) mass is 860 g/mol. The lowest BCUT2D eigenvalue weighted by Gasteiger charge is -2.46. The van der Waals surface area contributed by atoms with Crippen LogP contribution in [0.5, 0.6) is 0 Å². The molecule has 4 unspecified atom stereocenters. The molecule has 3 fully saturated rings. The second kappa shape index (κ2) is 16.2. The van der Waals surface area contributed by atoms with Gasteiger partial charge in [-0.2, -0.15) is 5.21 Å². The molecule has 2 bridgehead atoms. The maximum Gasteiger partial charge on any atom is 0.407 e. The smallest absolute Gasteiger partial charge is 0.407 e. The molecule has 10 rings (SSSR count). The number of quaternary nitrogens is 1. The number of carboxylic acid groups (broad SMARTS) is 1. The molecule has 2 aliphatic heterocycles. The Labute approximate surface area is 370 Å². The molecule has 1 saturated carbocycles. The van der Waals surface area contributed by atoms with Gasteiger partial charge in [-0.05, 0) is 102 Å². The van der Waals surface area contributed by atoms with Gasteiger partial charge < -0.3 is 34.8 Å². The number of hydrogen-bond acceptors (Lipinski definition) is 9. The number of hydroxylamine groups is 2. The second-order valence-electron chi connectivity index (χ2n) is 18.1. The lowest BCUT2D eigenvalue weighted by Crippen LogP contribution is -2.68. The van der Waals surface area contributed by atoms with Gasteiger partial charge in [0.25, 0.3) is 0 Å². The van der Waals surface area contributed by atoms with Crippen LogP contribution in [0.25, 0.3) is 55.0 Å². The first-order valence-corrected chi connectivity index (χ1v) is 22.3. The maximum absolute atomic E-state index is 13.7. The van der Waals surface area contributed by atoms with E-state index in [4.69, 9.17) is 14.7 Å². The van der Waals surface area contributed by atoms with Gasteiger partial charge in [-0.3, -0.25) is 4.79 Å². The summed E-state index contributed by atoms with van der Waals surface area (Å²) < 4.78 is 3.46. The number of methoxy groups -OCH3 is 1. The van der Waals surface area contributed by atoms with E-state index in [1.54, 1.807) is 18.1 Å². The number of aromatic nitrogens is 4. The molecule has 2 aromatic heterocycles. The predicted octanol–water partition coefficient (Wildman–Crippen LogP) is 8.72. The Bertz CT molecular complexity index is 2930. The van der Waals surface area contributed by atoms with Crippen LogP contribution in [0.15, 0.2) is 103 Å². The first kappa shape index (κ1) is 41.4. The second-order valence-corrected chi connectivity index (χ2v) is 18.1. The number of fused-ring (bicyclic) bond motifs is 6. The number of imidazole rings is 2. The molecule has 0 spiro atoms. The Morgan fingerprint density at radius 1 is 0.859 bits per heavy atom. The zero-order valence-corrected chi connectivity index (χ0v) is 36.3. The number of ether oxygens (including phenoxy) is 1. The molecule has 2 saturated heterocycles. The van der Waals surface area contributed by atoms with Crippen LogP contribution in [0.2, 0.25) is 0 Å². The maximum atomic E-state index is 13.7. The van der Waals surface area contributed by atoms with E-state index in [2.05, 4.69) is 75.9 Å². The first-order chi connectivity index (χ1) is 30.9. The van der Waals surface area contributed by atoms with Crippen molar-refractivity contribution < 1.29 is 34.2 Å². The Morgan fingerprint density at radius 3 is 2.30 bits per heavy atom. The highest BCUT2D eigenvalue weighted by Crippen LogP contribution is 2.53. The van der Waals surface area contributed by atoms with Crippen LogP contribution < -0.4 is 10.4 Å². The largest absolute Gasteiger partial charge is 0.494 e. The molecule has 1 aliphatic carbocycles. The van der Waals surface area contributed by atoms with Crippen molar-refractivity contribution in [2.45, 2.75) is 83.1 Å². The van der Waals surface area contributed by atoms with Crippen LogP contribution >= 0.6 is 0 Å². The van der Waals surface area contributed by atoms with Crippen molar-refractivity contribution in [3.05, 3.63) is 120 Å². The van der Waals surface area contributed by atoms with E-state index in [1.165, 1.54) is 7.11 Å².